The van der Waals surface area contributed by atoms with Gasteiger partial charge in [0.05, 0.1) is 5.69 Å². The van der Waals surface area contributed by atoms with Gasteiger partial charge in [0.1, 0.15) is 12.1 Å². The number of aromatic nitrogens is 2. The Morgan fingerprint density at radius 3 is 2.43 bits per heavy atom. The third-order valence-corrected chi connectivity index (χ3v) is 5.23. The van der Waals surface area contributed by atoms with Crippen LogP contribution >= 0.6 is 0 Å². The van der Waals surface area contributed by atoms with Crippen LogP contribution in [0.4, 0.5) is 11.5 Å². The number of hydrogen-bond donors (Lipinski definition) is 1. The van der Waals surface area contributed by atoms with Crippen molar-refractivity contribution in [3.8, 4) is 11.3 Å². The van der Waals surface area contributed by atoms with Gasteiger partial charge in [0.25, 0.3) is 0 Å². The molecule has 0 bridgehead atoms. The largest absolute Gasteiger partial charge is 0.356 e. The van der Waals surface area contributed by atoms with Crippen molar-refractivity contribution < 1.29 is 4.79 Å². The molecule has 1 aromatic heterocycles. The maximum atomic E-state index is 12.6. The highest BCUT2D eigenvalue weighted by molar-refractivity contribution is 5.92. The first-order valence-corrected chi connectivity index (χ1v) is 9.69. The van der Waals surface area contributed by atoms with Crippen LogP contribution in [-0.2, 0) is 4.79 Å². The summed E-state index contributed by atoms with van der Waals surface area (Å²) in [6.45, 7) is 3.67. The molecule has 3 aromatic rings. The molecule has 1 saturated heterocycles. The minimum absolute atomic E-state index is 0.0352. The molecule has 1 amide bonds. The normalized spacial score (nSPS) is 14.7. The van der Waals surface area contributed by atoms with Crippen molar-refractivity contribution in [2.24, 2.45) is 5.92 Å². The smallest absolute Gasteiger partial charge is 0.227 e. The zero-order valence-electron chi connectivity index (χ0n) is 16.0. The van der Waals surface area contributed by atoms with Crippen molar-refractivity contribution >= 4 is 17.4 Å². The van der Waals surface area contributed by atoms with Crippen LogP contribution in [0, 0.1) is 12.8 Å². The summed E-state index contributed by atoms with van der Waals surface area (Å²) in [6, 6.07) is 20.1. The molecular weight excluding hydrogens is 348 g/mol. The monoisotopic (exact) mass is 372 g/mol. The third-order valence-electron chi connectivity index (χ3n) is 5.23. The molecule has 0 aliphatic carbocycles. The van der Waals surface area contributed by atoms with Crippen LogP contribution in [0.15, 0.2) is 67.0 Å². The van der Waals surface area contributed by atoms with E-state index in [-0.39, 0.29) is 11.8 Å². The Hall–Kier alpha value is -3.21. The molecule has 1 N–H and O–H groups in total. The zero-order valence-corrected chi connectivity index (χ0v) is 16.0. The number of amides is 1. The van der Waals surface area contributed by atoms with E-state index in [0.717, 1.165) is 48.7 Å². The molecule has 0 radical (unpaired) electrons. The third kappa shape index (κ3) is 4.19. The first-order chi connectivity index (χ1) is 13.7. The van der Waals surface area contributed by atoms with E-state index in [1.54, 1.807) is 6.33 Å². The Morgan fingerprint density at radius 2 is 1.71 bits per heavy atom. The van der Waals surface area contributed by atoms with E-state index in [9.17, 15) is 4.79 Å². The van der Waals surface area contributed by atoms with E-state index >= 15 is 0 Å². The van der Waals surface area contributed by atoms with Crippen LogP contribution in [0.5, 0.6) is 0 Å². The van der Waals surface area contributed by atoms with E-state index in [1.807, 2.05) is 67.6 Å². The average molecular weight is 372 g/mol. The number of benzene rings is 2. The van der Waals surface area contributed by atoms with E-state index in [4.69, 9.17) is 0 Å². The Morgan fingerprint density at radius 1 is 1.00 bits per heavy atom. The van der Waals surface area contributed by atoms with Crippen LogP contribution in [0.3, 0.4) is 0 Å². The van der Waals surface area contributed by atoms with Gasteiger partial charge < -0.3 is 10.2 Å². The van der Waals surface area contributed by atoms with Gasteiger partial charge in [-0.05, 0) is 31.9 Å². The highest BCUT2D eigenvalue weighted by Gasteiger charge is 2.26. The Labute approximate surface area is 165 Å². The summed E-state index contributed by atoms with van der Waals surface area (Å²) >= 11 is 0. The molecule has 28 heavy (non-hydrogen) atoms. The lowest BCUT2D eigenvalue weighted by atomic mass is 9.95. The molecule has 142 valence electrons. The molecule has 0 atom stereocenters. The summed E-state index contributed by atoms with van der Waals surface area (Å²) in [5.74, 6) is 1.07. The standard InChI is InChI=1S/C23H24N4O/c1-17-7-9-20(10-8-17)26-23(28)19-11-13-27(14-12-19)22-15-21(24-16-25-22)18-5-3-2-4-6-18/h2-10,15-16,19H,11-14H2,1H3,(H,26,28). The summed E-state index contributed by atoms with van der Waals surface area (Å²) in [6.07, 6.45) is 3.26. The van der Waals surface area contributed by atoms with E-state index < -0.39 is 0 Å². The summed E-state index contributed by atoms with van der Waals surface area (Å²) in [5.41, 5.74) is 4.05. The summed E-state index contributed by atoms with van der Waals surface area (Å²) in [7, 11) is 0. The van der Waals surface area contributed by atoms with Gasteiger partial charge in [-0.1, -0.05) is 48.0 Å². The van der Waals surface area contributed by atoms with E-state index in [1.165, 1.54) is 5.56 Å². The van der Waals surface area contributed by atoms with Gasteiger partial charge in [-0.3, -0.25) is 4.79 Å². The average Bonchev–Trinajstić information content (AvgIpc) is 2.76. The lowest BCUT2D eigenvalue weighted by Gasteiger charge is -2.32. The fourth-order valence-electron chi connectivity index (χ4n) is 3.54. The molecule has 2 aromatic carbocycles. The Kier molecular flexibility index (Phi) is 5.33. The van der Waals surface area contributed by atoms with Crippen molar-refractivity contribution in [2.45, 2.75) is 19.8 Å². The summed E-state index contributed by atoms with van der Waals surface area (Å²) < 4.78 is 0. The summed E-state index contributed by atoms with van der Waals surface area (Å²) in [4.78, 5) is 23.7. The number of carbonyl (C=O) groups excluding carboxylic acids is 1. The van der Waals surface area contributed by atoms with E-state index in [2.05, 4.69) is 20.2 Å². The van der Waals surface area contributed by atoms with Gasteiger partial charge in [-0.25, -0.2) is 9.97 Å². The molecule has 5 nitrogen and oxygen atoms in total. The van der Waals surface area contributed by atoms with Gasteiger partial charge in [-0.15, -0.1) is 0 Å². The highest BCUT2D eigenvalue weighted by Crippen LogP contribution is 2.25. The van der Waals surface area contributed by atoms with Crippen molar-refractivity contribution in [3.05, 3.63) is 72.6 Å². The molecule has 1 fully saturated rings. The van der Waals surface area contributed by atoms with Crippen LogP contribution in [0.2, 0.25) is 0 Å². The number of aryl methyl sites for hydroxylation is 1. The fraction of sp³-hybridized carbons (Fsp3) is 0.261. The molecule has 0 spiro atoms. The van der Waals surface area contributed by atoms with Crippen molar-refractivity contribution in [1.29, 1.82) is 0 Å². The highest BCUT2D eigenvalue weighted by atomic mass is 16.1. The number of rotatable bonds is 4. The molecule has 0 unspecified atom stereocenters. The van der Waals surface area contributed by atoms with Crippen LogP contribution < -0.4 is 10.2 Å². The molecular formula is C23H24N4O. The Balaban J connectivity index is 1.37. The summed E-state index contributed by atoms with van der Waals surface area (Å²) in [5, 5.41) is 3.04. The second kappa shape index (κ2) is 8.21. The van der Waals surface area contributed by atoms with Crippen LogP contribution in [0.1, 0.15) is 18.4 Å². The van der Waals surface area contributed by atoms with E-state index in [0.29, 0.717) is 0 Å². The van der Waals surface area contributed by atoms with Gasteiger partial charge in [-0.2, -0.15) is 0 Å². The number of carbonyl (C=O) groups is 1. The first kappa shape index (κ1) is 18.2. The van der Waals surface area contributed by atoms with Crippen LogP contribution in [-0.4, -0.2) is 29.0 Å². The second-order valence-corrected chi connectivity index (χ2v) is 7.24. The molecule has 0 saturated carbocycles. The zero-order chi connectivity index (χ0) is 19.3. The number of piperidine rings is 1. The number of hydrogen-bond acceptors (Lipinski definition) is 4. The SMILES string of the molecule is Cc1ccc(NC(=O)C2CCN(c3cc(-c4ccccc4)ncn3)CC2)cc1. The van der Waals surface area contributed by atoms with Gasteiger partial charge >= 0.3 is 0 Å². The number of nitrogens with one attached hydrogen (secondary N) is 1. The predicted octanol–water partition coefficient (Wildman–Crippen LogP) is 4.31. The van der Waals surface area contributed by atoms with Crippen LogP contribution in [0.25, 0.3) is 11.3 Å². The van der Waals surface area contributed by atoms with Gasteiger partial charge in [0.15, 0.2) is 0 Å². The maximum absolute atomic E-state index is 12.6. The Bertz CT molecular complexity index is 932. The number of anilines is 2. The predicted molar refractivity (Wildman–Crippen MR) is 112 cm³/mol. The van der Waals surface area contributed by atoms with Crippen molar-refractivity contribution in [3.63, 3.8) is 0 Å². The lowest BCUT2D eigenvalue weighted by Crippen LogP contribution is -2.38. The molecule has 5 heteroatoms. The van der Waals surface area contributed by atoms with Gasteiger partial charge in [0, 0.05) is 36.3 Å². The second-order valence-electron chi connectivity index (χ2n) is 7.24. The number of nitrogens with zero attached hydrogens (tertiary/aromatic N) is 3. The molecule has 1 aliphatic rings. The van der Waals surface area contributed by atoms with Crippen molar-refractivity contribution in [1.82, 2.24) is 9.97 Å². The quantitative estimate of drug-likeness (QED) is 0.741. The fourth-order valence-corrected chi connectivity index (χ4v) is 3.54. The topological polar surface area (TPSA) is 58.1 Å². The minimum atomic E-state index is 0.0352. The van der Waals surface area contributed by atoms with Gasteiger partial charge in [0.2, 0.25) is 5.91 Å². The molecule has 4 rings (SSSR count). The minimum Gasteiger partial charge on any atom is -0.356 e. The molecule has 2 heterocycles. The lowest BCUT2D eigenvalue weighted by molar-refractivity contribution is -0.120. The first-order valence-electron chi connectivity index (χ1n) is 9.69. The molecule has 1 aliphatic heterocycles. The van der Waals surface area contributed by atoms with Crippen molar-refractivity contribution in [2.75, 3.05) is 23.3 Å². The maximum Gasteiger partial charge on any atom is 0.227 e.